The number of hydroxylamine groups is 1. The molecule has 88 valence electrons. The van der Waals surface area contributed by atoms with Crippen LogP contribution in [0.2, 0.25) is 0 Å². The van der Waals surface area contributed by atoms with Gasteiger partial charge in [-0.1, -0.05) is 0 Å². The molecule has 2 amide bonds. The highest BCUT2D eigenvalue weighted by Gasteiger charge is 2.26. The van der Waals surface area contributed by atoms with Crippen molar-refractivity contribution >= 4 is 12.0 Å². The van der Waals surface area contributed by atoms with Crippen molar-refractivity contribution in [1.29, 1.82) is 0 Å². The molecule has 15 heavy (non-hydrogen) atoms. The fraction of sp³-hybridized carbons (Fsp3) is 0.750. The molecule has 0 aliphatic carbocycles. The molecule has 0 aromatic heterocycles. The Bertz CT molecular complexity index is 241. The SMILES string of the molecule is CN(C(=O)NOCC(=O)O)C(C)(C)CO. The summed E-state index contributed by atoms with van der Waals surface area (Å²) in [5, 5.41) is 17.2. The summed E-state index contributed by atoms with van der Waals surface area (Å²) < 4.78 is 0. The fourth-order valence-electron chi connectivity index (χ4n) is 0.609. The summed E-state index contributed by atoms with van der Waals surface area (Å²) in [6.07, 6.45) is 0. The molecule has 3 N–H and O–H groups in total. The number of aliphatic hydroxyl groups is 1. The molecular weight excluding hydrogens is 204 g/mol. The van der Waals surface area contributed by atoms with Gasteiger partial charge in [0, 0.05) is 7.05 Å². The summed E-state index contributed by atoms with van der Waals surface area (Å²) in [6, 6.07) is -0.615. The number of nitrogens with one attached hydrogen (secondary N) is 1. The van der Waals surface area contributed by atoms with E-state index in [-0.39, 0.29) is 6.61 Å². The van der Waals surface area contributed by atoms with Gasteiger partial charge in [-0.3, -0.25) is 4.84 Å². The number of nitrogens with zero attached hydrogens (tertiary/aromatic N) is 1. The Morgan fingerprint density at radius 3 is 2.40 bits per heavy atom. The number of carbonyl (C=O) groups excluding carboxylic acids is 1. The molecule has 0 saturated heterocycles. The molecule has 0 aliphatic heterocycles. The summed E-state index contributed by atoms with van der Waals surface area (Å²) in [7, 11) is 1.47. The van der Waals surface area contributed by atoms with E-state index in [0.717, 1.165) is 0 Å². The molecule has 0 bridgehead atoms. The van der Waals surface area contributed by atoms with Gasteiger partial charge in [-0.15, -0.1) is 0 Å². The molecule has 0 heterocycles. The number of urea groups is 1. The first-order valence-electron chi connectivity index (χ1n) is 4.29. The normalized spacial score (nSPS) is 10.9. The van der Waals surface area contributed by atoms with E-state index in [9.17, 15) is 9.59 Å². The average Bonchev–Trinajstić information content (AvgIpc) is 2.15. The van der Waals surface area contributed by atoms with Gasteiger partial charge in [0.15, 0.2) is 6.61 Å². The maximum absolute atomic E-state index is 11.3. The van der Waals surface area contributed by atoms with Gasteiger partial charge >= 0.3 is 12.0 Å². The lowest BCUT2D eigenvalue weighted by Crippen LogP contribution is -2.51. The third-order valence-corrected chi connectivity index (χ3v) is 1.95. The van der Waals surface area contributed by atoms with E-state index < -0.39 is 24.1 Å². The second-order valence-electron chi connectivity index (χ2n) is 3.62. The first-order valence-corrected chi connectivity index (χ1v) is 4.29. The Morgan fingerprint density at radius 2 is 2.00 bits per heavy atom. The monoisotopic (exact) mass is 220 g/mol. The molecule has 0 atom stereocenters. The number of aliphatic carboxylic acids is 1. The summed E-state index contributed by atoms with van der Waals surface area (Å²) in [5.74, 6) is -1.18. The zero-order valence-corrected chi connectivity index (χ0v) is 8.98. The van der Waals surface area contributed by atoms with Gasteiger partial charge in [-0.05, 0) is 13.8 Å². The molecule has 7 heteroatoms. The standard InChI is InChI=1S/C8H16N2O5/c1-8(2,5-11)10(3)7(14)9-15-4-6(12)13/h11H,4-5H2,1-3H3,(H,9,14)(H,12,13). The number of amides is 2. The van der Waals surface area contributed by atoms with Gasteiger partial charge in [0.1, 0.15) is 0 Å². The lowest BCUT2D eigenvalue weighted by atomic mass is 10.1. The molecule has 0 spiro atoms. The lowest BCUT2D eigenvalue weighted by Gasteiger charge is -2.33. The van der Waals surface area contributed by atoms with Crippen molar-refractivity contribution in [2.75, 3.05) is 20.3 Å². The maximum atomic E-state index is 11.3. The minimum absolute atomic E-state index is 0.212. The van der Waals surface area contributed by atoms with Crippen molar-refractivity contribution in [3.05, 3.63) is 0 Å². The smallest absolute Gasteiger partial charge is 0.341 e. The Kier molecular flexibility index (Phi) is 5.03. The van der Waals surface area contributed by atoms with Crippen LogP contribution in [0.4, 0.5) is 4.79 Å². The van der Waals surface area contributed by atoms with E-state index in [1.54, 1.807) is 13.8 Å². The second-order valence-corrected chi connectivity index (χ2v) is 3.62. The number of carboxylic acid groups (broad SMARTS) is 1. The zero-order chi connectivity index (χ0) is 12.1. The second kappa shape index (κ2) is 5.52. The van der Waals surface area contributed by atoms with Crippen LogP contribution in [0.5, 0.6) is 0 Å². The number of carboxylic acids is 1. The quantitative estimate of drug-likeness (QED) is 0.538. The minimum atomic E-state index is -1.18. The Labute approximate surface area is 87.6 Å². The van der Waals surface area contributed by atoms with Crippen LogP contribution in [0, 0.1) is 0 Å². The van der Waals surface area contributed by atoms with Gasteiger partial charge in [-0.25, -0.2) is 15.1 Å². The minimum Gasteiger partial charge on any atom is -0.479 e. The van der Waals surface area contributed by atoms with Crippen molar-refractivity contribution in [3.63, 3.8) is 0 Å². The van der Waals surface area contributed by atoms with Crippen molar-refractivity contribution in [2.45, 2.75) is 19.4 Å². The first kappa shape index (κ1) is 13.7. The van der Waals surface area contributed by atoms with Gasteiger partial charge in [0.2, 0.25) is 0 Å². The summed E-state index contributed by atoms with van der Waals surface area (Å²) in [6.45, 7) is 2.49. The summed E-state index contributed by atoms with van der Waals surface area (Å²) in [4.78, 5) is 27.0. The highest BCUT2D eigenvalue weighted by Crippen LogP contribution is 2.10. The Hall–Kier alpha value is -1.34. The van der Waals surface area contributed by atoms with Crippen LogP contribution < -0.4 is 5.48 Å². The van der Waals surface area contributed by atoms with Crippen LogP contribution in [0.25, 0.3) is 0 Å². The van der Waals surface area contributed by atoms with Gasteiger partial charge in [0.25, 0.3) is 0 Å². The van der Waals surface area contributed by atoms with Crippen molar-refractivity contribution in [1.82, 2.24) is 10.4 Å². The third-order valence-electron chi connectivity index (χ3n) is 1.95. The van der Waals surface area contributed by atoms with Crippen LogP contribution in [0.15, 0.2) is 0 Å². The van der Waals surface area contributed by atoms with Gasteiger partial charge in [0.05, 0.1) is 12.1 Å². The highest BCUT2D eigenvalue weighted by atomic mass is 16.7. The molecule has 0 saturated carbocycles. The Balaban J connectivity index is 4.05. The largest absolute Gasteiger partial charge is 0.479 e. The molecule has 0 unspecified atom stereocenters. The van der Waals surface area contributed by atoms with Gasteiger partial charge in [-0.2, -0.15) is 0 Å². The summed E-state index contributed by atoms with van der Waals surface area (Å²) >= 11 is 0. The van der Waals surface area contributed by atoms with E-state index in [0.29, 0.717) is 0 Å². The number of likely N-dealkylation sites (N-methyl/N-ethyl adjacent to an activating group) is 1. The number of hydrogen-bond donors (Lipinski definition) is 3. The molecule has 0 fully saturated rings. The molecule has 0 aromatic rings. The number of aliphatic hydroxyl groups excluding tert-OH is 1. The lowest BCUT2D eigenvalue weighted by molar-refractivity contribution is -0.144. The van der Waals surface area contributed by atoms with E-state index >= 15 is 0 Å². The molecule has 0 aliphatic rings. The van der Waals surface area contributed by atoms with Crippen LogP contribution >= 0.6 is 0 Å². The first-order chi connectivity index (χ1) is 6.81. The number of carbonyl (C=O) groups is 2. The van der Waals surface area contributed by atoms with E-state index in [1.165, 1.54) is 11.9 Å². The average molecular weight is 220 g/mol. The van der Waals surface area contributed by atoms with Crippen LogP contribution in [0.3, 0.4) is 0 Å². The topological polar surface area (TPSA) is 99.1 Å². The fourth-order valence-corrected chi connectivity index (χ4v) is 0.609. The van der Waals surface area contributed by atoms with Crippen LogP contribution in [-0.4, -0.2) is 52.9 Å². The highest BCUT2D eigenvalue weighted by molar-refractivity contribution is 5.74. The van der Waals surface area contributed by atoms with E-state index in [2.05, 4.69) is 4.84 Å². The zero-order valence-electron chi connectivity index (χ0n) is 8.98. The van der Waals surface area contributed by atoms with Crippen molar-refractivity contribution in [3.8, 4) is 0 Å². The van der Waals surface area contributed by atoms with E-state index in [1.807, 2.05) is 5.48 Å². The van der Waals surface area contributed by atoms with Gasteiger partial charge < -0.3 is 15.1 Å². The molecule has 0 rings (SSSR count). The number of rotatable bonds is 5. The maximum Gasteiger partial charge on any atom is 0.341 e. The predicted molar refractivity (Wildman–Crippen MR) is 51.0 cm³/mol. The predicted octanol–water partition coefficient (Wildman–Crippen LogP) is -0.585. The molecular formula is C8H16N2O5. The molecule has 7 nitrogen and oxygen atoms in total. The Morgan fingerprint density at radius 1 is 1.47 bits per heavy atom. The van der Waals surface area contributed by atoms with Crippen molar-refractivity contribution < 1.29 is 24.6 Å². The van der Waals surface area contributed by atoms with Crippen LogP contribution in [0.1, 0.15) is 13.8 Å². The summed E-state index contributed by atoms with van der Waals surface area (Å²) in [5.41, 5.74) is 1.21. The molecule has 0 aromatic carbocycles. The third kappa shape index (κ3) is 4.61. The van der Waals surface area contributed by atoms with Crippen LogP contribution in [-0.2, 0) is 9.63 Å². The van der Waals surface area contributed by atoms with E-state index in [4.69, 9.17) is 10.2 Å². The van der Waals surface area contributed by atoms with Crippen molar-refractivity contribution in [2.24, 2.45) is 0 Å². The molecule has 0 radical (unpaired) electrons. The number of hydrogen-bond acceptors (Lipinski definition) is 4.